The zero-order valence-corrected chi connectivity index (χ0v) is 10.3. The van der Waals surface area contributed by atoms with Crippen LogP contribution < -0.4 is 0 Å². The van der Waals surface area contributed by atoms with Crippen LogP contribution >= 0.6 is 11.6 Å². The summed E-state index contributed by atoms with van der Waals surface area (Å²) >= 11 is 5.67. The Balaban J connectivity index is 2.05. The van der Waals surface area contributed by atoms with Crippen LogP contribution in [0.25, 0.3) is 0 Å². The lowest BCUT2D eigenvalue weighted by atomic mass is 9.96. The molecule has 1 aromatic rings. The topological polar surface area (TPSA) is 26.3 Å². The number of ketones is 1. The van der Waals surface area contributed by atoms with E-state index in [2.05, 4.69) is 0 Å². The summed E-state index contributed by atoms with van der Waals surface area (Å²) < 4.78 is 18.4. The lowest BCUT2D eigenvalue weighted by molar-refractivity contribution is -0.128. The molecule has 0 spiro atoms. The van der Waals surface area contributed by atoms with Crippen molar-refractivity contribution >= 4 is 17.4 Å². The van der Waals surface area contributed by atoms with Gasteiger partial charge in [0.1, 0.15) is 11.9 Å². The molecule has 4 heteroatoms. The number of ether oxygens (including phenoxy) is 1. The van der Waals surface area contributed by atoms with Crippen LogP contribution in [-0.4, -0.2) is 18.5 Å². The highest BCUT2D eigenvalue weighted by Gasteiger charge is 2.30. The number of rotatable bonds is 3. The minimum atomic E-state index is -0.464. The fourth-order valence-electron chi connectivity index (χ4n) is 2.06. The quantitative estimate of drug-likeness (QED) is 0.831. The van der Waals surface area contributed by atoms with Crippen molar-refractivity contribution in [1.82, 2.24) is 0 Å². The van der Waals surface area contributed by atoms with E-state index < -0.39 is 5.82 Å². The maximum absolute atomic E-state index is 13.0. The Hall–Kier alpha value is -0.930. The molecule has 92 valence electrons. The van der Waals surface area contributed by atoms with Gasteiger partial charge in [0.2, 0.25) is 0 Å². The number of hydrogen-bond acceptors (Lipinski definition) is 2. The minimum Gasteiger partial charge on any atom is -0.370 e. The standard InChI is InChI=1S/C13H14ClFO2/c1-8-4-5-17-13(8)12(16)7-9-2-3-11(15)10(14)6-9/h2-3,6,8,13H,4-5,7H2,1H3. The van der Waals surface area contributed by atoms with Gasteiger partial charge in [-0.25, -0.2) is 4.39 Å². The third kappa shape index (κ3) is 2.85. The van der Waals surface area contributed by atoms with Crippen molar-refractivity contribution in [3.05, 3.63) is 34.6 Å². The summed E-state index contributed by atoms with van der Waals surface area (Å²) in [6.45, 7) is 2.65. The zero-order valence-electron chi connectivity index (χ0n) is 9.58. The van der Waals surface area contributed by atoms with Crippen LogP contribution in [0.5, 0.6) is 0 Å². The van der Waals surface area contributed by atoms with E-state index in [0.29, 0.717) is 6.61 Å². The maximum atomic E-state index is 13.0. The first kappa shape index (κ1) is 12.5. The molecule has 0 radical (unpaired) electrons. The molecule has 1 aliphatic rings. The van der Waals surface area contributed by atoms with Gasteiger partial charge >= 0.3 is 0 Å². The number of hydrogen-bond donors (Lipinski definition) is 0. The van der Waals surface area contributed by atoms with E-state index in [9.17, 15) is 9.18 Å². The predicted molar refractivity (Wildman–Crippen MR) is 63.6 cm³/mol. The smallest absolute Gasteiger partial charge is 0.166 e. The Labute approximate surface area is 105 Å². The lowest BCUT2D eigenvalue weighted by Gasteiger charge is -2.13. The first-order chi connectivity index (χ1) is 8.08. The van der Waals surface area contributed by atoms with Gasteiger partial charge in [-0.2, -0.15) is 0 Å². The van der Waals surface area contributed by atoms with Gasteiger partial charge < -0.3 is 4.74 Å². The highest BCUT2D eigenvalue weighted by atomic mass is 35.5. The molecule has 1 saturated heterocycles. The van der Waals surface area contributed by atoms with Crippen LogP contribution in [-0.2, 0) is 16.0 Å². The number of carbonyl (C=O) groups is 1. The molecule has 0 saturated carbocycles. The van der Waals surface area contributed by atoms with Crippen molar-refractivity contribution in [2.24, 2.45) is 5.92 Å². The summed E-state index contributed by atoms with van der Waals surface area (Å²) in [7, 11) is 0. The van der Waals surface area contributed by atoms with Crippen LogP contribution in [0.1, 0.15) is 18.9 Å². The predicted octanol–water partition coefficient (Wildman–Crippen LogP) is 3.02. The van der Waals surface area contributed by atoms with E-state index in [-0.39, 0.29) is 29.2 Å². The molecule has 0 bridgehead atoms. The Morgan fingerprint density at radius 2 is 2.35 bits per heavy atom. The van der Waals surface area contributed by atoms with Crippen molar-refractivity contribution in [2.75, 3.05) is 6.61 Å². The summed E-state index contributed by atoms with van der Waals surface area (Å²) in [6, 6.07) is 4.36. The molecule has 0 aliphatic carbocycles. The third-order valence-corrected chi connectivity index (χ3v) is 3.36. The van der Waals surface area contributed by atoms with Gasteiger partial charge in [0.05, 0.1) is 5.02 Å². The Bertz CT molecular complexity index is 433. The number of Topliss-reactive ketones (excluding diaryl/α,β-unsaturated/α-hetero) is 1. The highest BCUT2D eigenvalue weighted by Crippen LogP contribution is 2.23. The average molecular weight is 257 g/mol. The largest absolute Gasteiger partial charge is 0.370 e. The molecule has 2 nitrogen and oxygen atoms in total. The number of carbonyl (C=O) groups excluding carboxylic acids is 1. The molecule has 0 aromatic heterocycles. The summed E-state index contributed by atoms with van der Waals surface area (Å²) in [4.78, 5) is 12.0. The molecule has 2 atom stereocenters. The SMILES string of the molecule is CC1CCOC1C(=O)Cc1ccc(F)c(Cl)c1. The van der Waals surface area contributed by atoms with Crippen LogP contribution in [0, 0.1) is 11.7 Å². The molecule has 1 fully saturated rings. The van der Waals surface area contributed by atoms with E-state index in [0.717, 1.165) is 12.0 Å². The van der Waals surface area contributed by atoms with E-state index in [4.69, 9.17) is 16.3 Å². The molecule has 0 N–H and O–H groups in total. The van der Waals surface area contributed by atoms with Crippen LogP contribution in [0.2, 0.25) is 5.02 Å². The van der Waals surface area contributed by atoms with Gasteiger partial charge in [-0.05, 0) is 30.0 Å². The minimum absolute atomic E-state index is 0.0395. The molecule has 1 aromatic carbocycles. The summed E-state index contributed by atoms with van der Waals surface area (Å²) in [5, 5.41) is 0.0516. The molecule has 17 heavy (non-hydrogen) atoms. The lowest BCUT2D eigenvalue weighted by Crippen LogP contribution is -2.26. The molecule has 2 unspecified atom stereocenters. The molecule has 2 rings (SSSR count). The summed E-state index contributed by atoms with van der Waals surface area (Å²) in [5.41, 5.74) is 0.726. The molecule has 0 amide bonds. The van der Waals surface area contributed by atoms with Crippen molar-refractivity contribution in [2.45, 2.75) is 25.9 Å². The molecule has 1 aliphatic heterocycles. The van der Waals surface area contributed by atoms with E-state index in [1.807, 2.05) is 6.92 Å². The molecule has 1 heterocycles. The second-order valence-corrected chi connectivity index (χ2v) is 4.86. The van der Waals surface area contributed by atoms with Crippen molar-refractivity contribution in [3.8, 4) is 0 Å². The third-order valence-electron chi connectivity index (χ3n) is 3.07. The Morgan fingerprint density at radius 3 is 2.94 bits per heavy atom. The van der Waals surface area contributed by atoms with Gasteiger partial charge in [-0.15, -0.1) is 0 Å². The van der Waals surface area contributed by atoms with Gasteiger partial charge in [0, 0.05) is 13.0 Å². The summed E-state index contributed by atoms with van der Waals surface area (Å²) in [5.74, 6) is -0.163. The average Bonchev–Trinajstić information content (AvgIpc) is 2.70. The fourth-order valence-corrected chi connectivity index (χ4v) is 2.26. The molecular formula is C13H14ClFO2. The summed E-state index contributed by atoms with van der Waals surface area (Å²) in [6.07, 6.45) is 0.842. The van der Waals surface area contributed by atoms with E-state index >= 15 is 0 Å². The number of halogens is 2. The van der Waals surface area contributed by atoms with Gasteiger partial charge in [-0.3, -0.25) is 4.79 Å². The Morgan fingerprint density at radius 1 is 1.59 bits per heavy atom. The monoisotopic (exact) mass is 256 g/mol. The van der Waals surface area contributed by atoms with Crippen molar-refractivity contribution < 1.29 is 13.9 Å². The van der Waals surface area contributed by atoms with Gasteiger partial charge in [0.15, 0.2) is 5.78 Å². The first-order valence-electron chi connectivity index (χ1n) is 5.66. The highest BCUT2D eigenvalue weighted by molar-refractivity contribution is 6.30. The normalized spacial score (nSPS) is 23.9. The second kappa shape index (κ2) is 5.15. The van der Waals surface area contributed by atoms with Crippen LogP contribution in [0.4, 0.5) is 4.39 Å². The molecular weight excluding hydrogens is 243 g/mol. The van der Waals surface area contributed by atoms with Crippen molar-refractivity contribution in [3.63, 3.8) is 0 Å². The second-order valence-electron chi connectivity index (χ2n) is 4.45. The van der Waals surface area contributed by atoms with Gasteiger partial charge in [-0.1, -0.05) is 24.6 Å². The van der Waals surface area contributed by atoms with Crippen LogP contribution in [0.15, 0.2) is 18.2 Å². The van der Waals surface area contributed by atoms with E-state index in [1.165, 1.54) is 12.1 Å². The maximum Gasteiger partial charge on any atom is 0.166 e. The van der Waals surface area contributed by atoms with Crippen LogP contribution in [0.3, 0.4) is 0 Å². The zero-order chi connectivity index (χ0) is 12.4. The number of benzene rings is 1. The first-order valence-corrected chi connectivity index (χ1v) is 6.04. The van der Waals surface area contributed by atoms with E-state index in [1.54, 1.807) is 6.07 Å². The van der Waals surface area contributed by atoms with Crippen molar-refractivity contribution in [1.29, 1.82) is 0 Å². The Kier molecular flexibility index (Phi) is 3.79. The van der Waals surface area contributed by atoms with Gasteiger partial charge in [0.25, 0.3) is 0 Å². The fraction of sp³-hybridized carbons (Fsp3) is 0.462.